The number of benzene rings is 1. The molecule has 1 saturated heterocycles. The first kappa shape index (κ1) is 14.2. The van der Waals surface area contributed by atoms with Gasteiger partial charge in [0.05, 0.1) is 6.26 Å². The SMILES string of the molecule is O=C1CN(c2ccccc2)C(=O)N1Cc1nc(-c2ccco2)no1. The number of carbonyl (C=O) groups excluding carboxylic acids is 2. The Bertz CT molecular complexity index is 873. The van der Waals surface area contributed by atoms with Gasteiger partial charge in [0.15, 0.2) is 5.76 Å². The first-order valence-electron chi connectivity index (χ1n) is 7.26. The highest BCUT2D eigenvalue weighted by Gasteiger charge is 2.37. The molecule has 0 saturated carbocycles. The number of urea groups is 1. The molecule has 3 amide bonds. The van der Waals surface area contributed by atoms with E-state index in [1.165, 1.54) is 11.2 Å². The Morgan fingerprint density at radius 2 is 1.92 bits per heavy atom. The Morgan fingerprint density at radius 3 is 2.67 bits per heavy atom. The minimum Gasteiger partial charge on any atom is -0.461 e. The highest BCUT2D eigenvalue weighted by atomic mass is 16.5. The lowest BCUT2D eigenvalue weighted by atomic mass is 10.3. The van der Waals surface area contributed by atoms with Crippen molar-refractivity contribution < 1.29 is 18.5 Å². The second-order valence-electron chi connectivity index (χ2n) is 5.17. The van der Waals surface area contributed by atoms with E-state index in [9.17, 15) is 9.59 Å². The molecule has 0 aliphatic carbocycles. The van der Waals surface area contributed by atoms with Crippen molar-refractivity contribution >= 4 is 17.6 Å². The zero-order valence-electron chi connectivity index (χ0n) is 12.5. The van der Waals surface area contributed by atoms with E-state index in [1.807, 2.05) is 18.2 Å². The maximum absolute atomic E-state index is 12.5. The topological polar surface area (TPSA) is 92.7 Å². The van der Waals surface area contributed by atoms with Gasteiger partial charge in [0.2, 0.25) is 11.7 Å². The molecule has 1 aliphatic heterocycles. The van der Waals surface area contributed by atoms with E-state index < -0.39 is 6.03 Å². The quantitative estimate of drug-likeness (QED) is 0.684. The van der Waals surface area contributed by atoms with Crippen LogP contribution in [0.4, 0.5) is 10.5 Å². The van der Waals surface area contributed by atoms with Crippen molar-refractivity contribution in [1.29, 1.82) is 0 Å². The van der Waals surface area contributed by atoms with Crippen LogP contribution in [-0.4, -0.2) is 33.5 Å². The summed E-state index contributed by atoms with van der Waals surface area (Å²) in [7, 11) is 0. The molecule has 2 aromatic heterocycles. The lowest BCUT2D eigenvalue weighted by Gasteiger charge is -2.15. The highest BCUT2D eigenvalue weighted by Crippen LogP contribution is 2.22. The first-order chi connectivity index (χ1) is 11.7. The number of hydrogen-bond donors (Lipinski definition) is 0. The van der Waals surface area contributed by atoms with Gasteiger partial charge in [0.1, 0.15) is 13.1 Å². The summed E-state index contributed by atoms with van der Waals surface area (Å²) in [5.41, 5.74) is 0.667. The maximum Gasteiger partial charge on any atom is 0.332 e. The number of imide groups is 1. The van der Waals surface area contributed by atoms with E-state index in [0.29, 0.717) is 11.4 Å². The van der Waals surface area contributed by atoms with Crippen LogP contribution in [0, 0.1) is 0 Å². The summed E-state index contributed by atoms with van der Waals surface area (Å²) in [6.45, 7) is -0.0866. The van der Waals surface area contributed by atoms with Gasteiger partial charge < -0.3 is 8.94 Å². The van der Waals surface area contributed by atoms with Crippen molar-refractivity contribution in [3.8, 4) is 11.6 Å². The van der Waals surface area contributed by atoms with E-state index in [4.69, 9.17) is 8.94 Å². The maximum atomic E-state index is 12.5. The molecule has 0 atom stereocenters. The molecule has 1 aromatic carbocycles. The molecule has 4 rings (SSSR count). The second-order valence-corrected chi connectivity index (χ2v) is 5.17. The molecule has 1 fully saturated rings. The number of aromatic nitrogens is 2. The summed E-state index contributed by atoms with van der Waals surface area (Å²) in [5.74, 6) is 0.573. The van der Waals surface area contributed by atoms with E-state index in [1.54, 1.807) is 24.3 Å². The normalized spacial score (nSPS) is 14.7. The van der Waals surface area contributed by atoms with Gasteiger partial charge in [-0.15, -0.1) is 0 Å². The highest BCUT2D eigenvalue weighted by molar-refractivity contribution is 6.12. The van der Waals surface area contributed by atoms with Crippen molar-refractivity contribution in [2.45, 2.75) is 6.54 Å². The minimum atomic E-state index is -0.413. The van der Waals surface area contributed by atoms with Gasteiger partial charge in [-0.05, 0) is 24.3 Å². The summed E-state index contributed by atoms with van der Waals surface area (Å²) < 4.78 is 10.3. The monoisotopic (exact) mass is 324 g/mol. The number of rotatable bonds is 4. The molecular weight excluding hydrogens is 312 g/mol. The Hall–Kier alpha value is -3.42. The number of amides is 3. The second kappa shape index (κ2) is 5.65. The molecular formula is C16H12N4O4. The number of hydrogen-bond acceptors (Lipinski definition) is 6. The van der Waals surface area contributed by atoms with Crippen LogP contribution in [0.25, 0.3) is 11.6 Å². The van der Waals surface area contributed by atoms with Crippen molar-refractivity contribution in [3.05, 3.63) is 54.6 Å². The van der Waals surface area contributed by atoms with Crippen LogP contribution in [0.1, 0.15) is 5.89 Å². The smallest absolute Gasteiger partial charge is 0.332 e. The number of furan rings is 1. The van der Waals surface area contributed by atoms with Crippen LogP contribution in [0.2, 0.25) is 0 Å². The molecule has 3 aromatic rings. The molecule has 8 heteroatoms. The Labute approximate surface area is 136 Å². The zero-order chi connectivity index (χ0) is 16.5. The van der Waals surface area contributed by atoms with E-state index >= 15 is 0 Å². The molecule has 24 heavy (non-hydrogen) atoms. The minimum absolute atomic E-state index is 0.0119. The van der Waals surface area contributed by atoms with Crippen LogP contribution >= 0.6 is 0 Å². The summed E-state index contributed by atoms with van der Waals surface area (Å²) >= 11 is 0. The fourth-order valence-electron chi connectivity index (χ4n) is 2.47. The molecule has 0 N–H and O–H groups in total. The predicted molar refractivity (Wildman–Crippen MR) is 81.7 cm³/mol. The lowest BCUT2D eigenvalue weighted by Crippen LogP contribution is -2.32. The average Bonchev–Trinajstić information content (AvgIpc) is 3.32. The molecule has 0 spiro atoms. The first-order valence-corrected chi connectivity index (χ1v) is 7.26. The summed E-state index contributed by atoms with van der Waals surface area (Å²) in [4.78, 5) is 31.3. The van der Waals surface area contributed by atoms with Crippen molar-refractivity contribution in [3.63, 3.8) is 0 Å². The third-order valence-corrected chi connectivity index (χ3v) is 3.63. The Balaban J connectivity index is 1.53. The van der Waals surface area contributed by atoms with Gasteiger partial charge in [-0.25, -0.2) is 4.79 Å². The van der Waals surface area contributed by atoms with Gasteiger partial charge in [0, 0.05) is 5.69 Å². The van der Waals surface area contributed by atoms with E-state index in [2.05, 4.69) is 10.1 Å². The summed E-state index contributed by atoms with van der Waals surface area (Å²) in [6.07, 6.45) is 1.50. The average molecular weight is 324 g/mol. The van der Waals surface area contributed by atoms with Crippen molar-refractivity contribution in [2.24, 2.45) is 0 Å². The number of carbonyl (C=O) groups is 2. The van der Waals surface area contributed by atoms with Gasteiger partial charge in [-0.3, -0.25) is 14.6 Å². The predicted octanol–water partition coefficient (Wildman–Crippen LogP) is 2.30. The molecule has 0 unspecified atom stereocenters. The number of para-hydroxylation sites is 1. The third-order valence-electron chi connectivity index (χ3n) is 3.63. The number of nitrogens with zero attached hydrogens (tertiary/aromatic N) is 4. The summed E-state index contributed by atoms with van der Waals surface area (Å²) in [6, 6.07) is 12.0. The standard InChI is InChI=1S/C16H12N4O4/c21-14-10-19(11-5-2-1-3-6-11)16(22)20(14)9-13-17-15(18-24-13)12-7-4-8-23-12/h1-8H,9-10H2. The largest absolute Gasteiger partial charge is 0.461 e. The lowest BCUT2D eigenvalue weighted by molar-refractivity contribution is -0.125. The molecule has 1 aliphatic rings. The van der Waals surface area contributed by atoms with Crippen LogP contribution in [0.3, 0.4) is 0 Å². The summed E-state index contributed by atoms with van der Waals surface area (Å²) in [5, 5.41) is 3.79. The molecule has 8 nitrogen and oxygen atoms in total. The van der Waals surface area contributed by atoms with Crippen molar-refractivity contribution in [1.82, 2.24) is 15.0 Å². The van der Waals surface area contributed by atoms with Crippen LogP contribution in [0.15, 0.2) is 57.7 Å². The molecule has 0 radical (unpaired) electrons. The Morgan fingerprint density at radius 1 is 1.08 bits per heavy atom. The fourth-order valence-corrected chi connectivity index (χ4v) is 2.47. The van der Waals surface area contributed by atoms with E-state index in [-0.39, 0.29) is 30.7 Å². The van der Waals surface area contributed by atoms with E-state index in [0.717, 1.165) is 4.90 Å². The van der Waals surface area contributed by atoms with Gasteiger partial charge in [0.25, 0.3) is 5.91 Å². The number of anilines is 1. The van der Waals surface area contributed by atoms with Crippen molar-refractivity contribution in [2.75, 3.05) is 11.4 Å². The Kier molecular flexibility index (Phi) is 3.34. The third kappa shape index (κ3) is 2.43. The zero-order valence-corrected chi connectivity index (χ0v) is 12.5. The van der Waals surface area contributed by atoms with Crippen LogP contribution < -0.4 is 4.90 Å². The molecule has 3 heterocycles. The fraction of sp³-hybridized carbons (Fsp3) is 0.125. The van der Waals surface area contributed by atoms with Gasteiger partial charge in [-0.2, -0.15) is 4.98 Å². The molecule has 0 bridgehead atoms. The van der Waals surface area contributed by atoms with Gasteiger partial charge in [-0.1, -0.05) is 23.4 Å². The van der Waals surface area contributed by atoms with Gasteiger partial charge >= 0.3 is 6.03 Å². The van der Waals surface area contributed by atoms with Crippen LogP contribution in [-0.2, 0) is 11.3 Å². The van der Waals surface area contributed by atoms with Crippen LogP contribution in [0.5, 0.6) is 0 Å². The molecule has 120 valence electrons.